The fraction of sp³-hybridized carbons (Fsp3) is 0.588. The van der Waals surface area contributed by atoms with E-state index in [1.54, 1.807) is 13.2 Å². The topological polar surface area (TPSA) is 50.8 Å². The van der Waals surface area contributed by atoms with Gasteiger partial charge in [0.25, 0.3) is 0 Å². The zero-order chi connectivity index (χ0) is 15.9. The van der Waals surface area contributed by atoms with Gasteiger partial charge in [0.2, 0.25) is 0 Å². The van der Waals surface area contributed by atoms with Crippen LogP contribution in [0.25, 0.3) is 0 Å². The van der Waals surface area contributed by atoms with Gasteiger partial charge in [-0.25, -0.2) is 0 Å². The number of carbonyl (C=O) groups excluding carboxylic acids is 1. The van der Waals surface area contributed by atoms with Gasteiger partial charge >= 0.3 is 0 Å². The van der Waals surface area contributed by atoms with Gasteiger partial charge < -0.3 is 14.8 Å². The zero-order valence-electron chi connectivity index (χ0n) is 13.7. The van der Waals surface area contributed by atoms with Crippen LogP contribution in [-0.2, 0) is 0 Å². The van der Waals surface area contributed by atoms with E-state index in [4.69, 9.17) is 9.47 Å². The monoisotopic (exact) mass is 306 g/mol. The molecule has 0 saturated carbocycles. The van der Waals surface area contributed by atoms with Crippen molar-refractivity contribution in [3.05, 3.63) is 23.8 Å². The number of ether oxygens (including phenoxy) is 2. The molecule has 1 aromatic rings. The van der Waals surface area contributed by atoms with Crippen LogP contribution in [0.15, 0.2) is 18.2 Å². The Balaban J connectivity index is 2.11. The van der Waals surface area contributed by atoms with Gasteiger partial charge in [-0.1, -0.05) is 6.92 Å². The Hall–Kier alpha value is -1.59. The van der Waals surface area contributed by atoms with Gasteiger partial charge in [0.1, 0.15) is 0 Å². The number of Topliss-reactive ketones (excluding diaryl/α,β-unsaturated/α-hetero) is 1. The second kappa shape index (κ2) is 8.15. The van der Waals surface area contributed by atoms with Crippen LogP contribution >= 0.6 is 0 Å². The van der Waals surface area contributed by atoms with Gasteiger partial charge in [0.05, 0.1) is 19.8 Å². The van der Waals surface area contributed by atoms with Crippen molar-refractivity contribution in [1.82, 2.24) is 10.2 Å². The van der Waals surface area contributed by atoms with E-state index in [9.17, 15) is 4.79 Å². The third kappa shape index (κ3) is 3.99. The Bertz CT molecular complexity index is 499. The maximum atomic E-state index is 12.7. The molecule has 0 spiro atoms. The lowest BCUT2D eigenvalue weighted by Gasteiger charge is -2.31. The van der Waals surface area contributed by atoms with Gasteiger partial charge in [-0.05, 0) is 31.5 Å². The number of piperazine rings is 1. The molecule has 0 aliphatic carbocycles. The first-order valence-corrected chi connectivity index (χ1v) is 7.97. The number of carbonyl (C=O) groups is 1. The number of benzene rings is 1. The molecule has 1 fully saturated rings. The first-order chi connectivity index (χ1) is 10.7. The highest BCUT2D eigenvalue weighted by molar-refractivity contribution is 6.00. The molecular weight excluding hydrogens is 280 g/mol. The van der Waals surface area contributed by atoms with Crippen LogP contribution in [-0.4, -0.2) is 56.6 Å². The number of methoxy groups -OCH3 is 1. The summed E-state index contributed by atoms with van der Waals surface area (Å²) >= 11 is 0. The molecule has 0 radical (unpaired) electrons. The van der Waals surface area contributed by atoms with Crippen molar-refractivity contribution in [1.29, 1.82) is 0 Å². The first-order valence-electron chi connectivity index (χ1n) is 7.97. The molecule has 22 heavy (non-hydrogen) atoms. The van der Waals surface area contributed by atoms with E-state index in [0.717, 1.165) is 32.6 Å². The van der Waals surface area contributed by atoms with Crippen LogP contribution in [0.2, 0.25) is 0 Å². The summed E-state index contributed by atoms with van der Waals surface area (Å²) < 4.78 is 11.0. The van der Waals surface area contributed by atoms with Crippen LogP contribution in [0.5, 0.6) is 11.5 Å². The van der Waals surface area contributed by atoms with E-state index in [1.807, 2.05) is 19.1 Å². The molecule has 0 amide bonds. The summed E-state index contributed by atoms with van der Waals surface area (Å²) in [6.45, 7) is 8.35. The Labute approximate surface area is 132 Å². The summed E-state index contributed by atoms with van der Waals surface area (Å²) in [5.41, 5.74) is 0.673. The summed E-state index contributed by atoms with van der Waals surface area (Å²) in [7, 11) is 1.60. The minimum atomic E-state index is -0.116. The lowest BCUT2D eigenvalue weighted by Crippen LogP contribution is -2.50. The van der Waals surface area contributed by atoms with E-state index in [0.29, 0.717) is 23.7 Å². The summed E-state index contributed by atoms with van der Waals surface area (Å²) in [4.78, 5) is 14.9. The molecule has 1 aliphatic rings. The van der Waals surface area contributed by atoms with Crippen molar-refractivity contribution in [3.8, 4) is 11.5 Å². The molecule has 5 heteroatoms. The van der Waals surface area contributed by atoms with Crippen LogP contribution in [0, 0.1) is 0 Å². The highest BCUT2D eigenvalue weighted by Gasteiger charge is 2.24. The predicted molar refractivity (Wildman–Crippen MR) is 87.0 cm³/mol. The summed E-state index contributed by atoms with van der Waals surface area (Å²) in [6, 6.07) is 5.32. The molecule has 1 atom stereocenters. The van der Waals surface area contributed by atoms with Crippen molar-refractivity contribution in [3.63, 3.8) is 0 Å². The smallest absolute Gasteiger partial charge is 0.179 e. The molecule has 1 saturated heterocycles. The fourth-order valence-corrected chi connectivity index (χ4v) is 2.63. The van der Waals surface area contributed by atoms with E-state index < -0.39 is 0 Å². The largest absolute Gasteiger partial charge is 0.493 e. The zero-order valence-corrected chi connectivity index (χ0v) is 13.7. The van der Waals surface area contributed by atoms with Crippen molar-refractivity contribution in [2.24, 2.45) is 0 Å². The molecule has 0 bridgehead atoms. The lowest BCUT2D eigenvalue weighted by molar-refractivity contribution is 0.0820. The minimum absolute atomic E-state index is 0.116. The Morgan fingerprint density at radius 3 is 2.68 bits per heavy atom. The van der Waals surface area contributed by atoms with Crippen molar-refractivity contribution < 1.29 is 14.3 Å². The quantitative estimate of drug-likeness (QED) is 0.781. The van der Waals surface area contributed by atoms with E-state index in [-0.39, 0.29) is 11.8 Å². The highest BCUT2D eigenvalue weighted by atomic mass is 16.5. The number of ketones is 1. The van der Waals surface area contributed by atoms with E-state index in [1.165, 1.54) is 0 Å². The SMILES string of the molecule is CCCOc1ccc(C(=O)C(C)N2CCNCC2)cc1OC. The van der Waals surface area contributed by atoms with Crippen LogP contribution in [0.4, 0.5) is 0 Å². The summed E-state index contributed by atoms with van der Waals surface area (Å²) in [6.07, 6.45) is 0.934. The number of hydrogen-bond acceptors (Lipinski definition) is 5. The van der Waals surface area contributed by atoms with E-state index in [2.05, 4.69) is 17.1 Å². The molecule has 122 valence electrons. The molecule has 1 aromatic carbocycles. The first kappa shape index (κ1) is 16.8. The number of nitrogens with zero attached hydrogens (tertiary/aromatic N) is 1. The van der Waals surface area contributed by atoms with Crippen molar-refractivity contribution in [2.45, 2.75) is 26.3 Å². The Morgan fingerprint density at radius 2 is 2.05 bits per heavy atom. The lowest BCUT2D eigenvalue weighted by atomic mass is 10.0. The number of rotatable bonds is 7. The summed E-state index contributed by atoms with van der Waals surface area (Å²) in [5, 5.41) is 3.30. The normalized spacial score (nSPS) is 17.0. The van der Waals surface area contributed by atoms with Crippen LogP contribution in [0.1, 0.15) is 30.6 Å². The van der Waals surface area contributed by atoms with Crippen LogP contribution in [0.3, 0.4) is 0 Å². The third-order valence-corrected chi connectivity index (χ3v) is 3.99. The Kier molecular flexibility index (Phi) is 6.21. The Morgan fingerprint density at radius 1 is 1.32 bits per heavy atom. The fourth-order valence-electron chi connectivity index (χ4n) is 2.63. The maximum absolute atomic E-state index is 12.7. The van der Waals surface area contributed by atoms with E-state index >= 15 is 0 Å². The van der Waals surface area contributed by atoms with Gasteiger partial charge in [-0.3, -0.25) is 9.69 Å². The molecule has 1 N–H and O–H groups in total. The molecule has 0 aromatic heterocycles. The molecule has 1 aliphatic heterocycles. The average molecular weight is 306 g/mol. The standard InChI is InChI=1S/C17H26N2O3/c1-4-11-22-15-6-5-14(12-16(15)21-3)17(20)13(2)19-9-7-18-8-10-19/h5-6,12-13,18H,4,7-11H2,1-3H3. The molecular formula is C17H26N2O3. The van der Waals surface area contributed by atoms with Gasteiger partial charge in [-0.2, -0.15) is 0 Å². The average Bonchev–Trinajstić information content (AvgIpc) is 2.59. The summed E-state index contributed by atoms with van der Waals surface area (Å²) in [5.74, 6) is 1.43. The van der Waals surface area contributed by atoms with Crippen LogP contribution < -0.4 is 14.8 Å². The third-order valence-electron chi connectivity index (χ3n) is 3.99. The molecule has 1 heterocycles. The van der Waals surface area contributed by atoms with Crippen molar-refractivity contribution >= 4 is 5.78 Å². The number of nitrogens with one attached hydrogen (secondary N) is 1. The molecule has 2 rings (SSSR count). The van der Waals surface area contributed by atoms with Gasteiger partial charge in [0.15, 0.2) is 17.3 Å². The second-order valence-electron chi connectivity index (χ2n) is 5.54. The highest BCUT2D eigenvalue weighted by Crippen LogP contribution is 2.29. The second-order valence-corrected chi connectivity index (χ2v) is 5.54. The molecule has 1 unspecified atom stereocenters. The van der Waals surface area contributed by atoms with Gasteiger partial charge in [-0.15, -0.1) is 0 Å². The van der Waals surface area contributed by atoms with Gasteiger partial charge in [0, 0.05) is 31.7 Å². The minimum Gasteiger partial charge on any atom is -0.493 e. The molecule has 5 nitrogen and oxygen atoms in total. The number of hydrogen-bond donors (Lipinski definition) is 1. The maximum Gasteiger partial charge on any atom is 0.179 e. The predicted octanol–water partition coefficient (Wildman–Crippen LogP) is 1.96. The van der Waals surface area contributed by atoms with Crippen molar-refractivity contribution in [2.75, 3.05) is 39.9 Å².